The third-order valence-corrected chi connectivity index (χ3v) is 2.27. The molecule has 0 atom stereocenters. The van der Waals surface area contributed by atoms with Gasteiger partial charge >= 0.3 is 0 Å². The zero-order valence-corrected chi connectivity index (χ0v) is 7.63. The van der Waals surface area contributed by atoms with Gasteiger partial charge in [-0.05, 0) is 25.0 Å². The van der Waals surface area contributed by atoms with Crippen LogP contribution in [-0.4, -0.2) is 9.55 Å². The summed E-state index contributed by atoms with van der Waals surface area (Å²) in [5.41, 5.74) is 4.90. The Morgan fingerprint density at radius 3 is 2.50 bits per heavy atom. The lowest BCUT2D eigenvalue weighted by Gasteiger charge is -2.00. The Morgan fingerprint density at radius 1 is 1.17 bits per heavy atom. The molecule has 0 aliphatic heterocycles. The first-order chi connectivity index (χ1) is 5.70. The minimum Gasteiger partial charge on any atom is -0.334 e. The Bertz CT molecular complexity index is 427. The van der Waals surface area contributed by atoms with Gasteiger partial charge in [-0.1, -0.05) is 12.1 Å². The van der Waals surface area contributed by atoms with Gasteiger partial charge in [-0.2, -0.15) is 0 Å². The van der Waals surface area contributed by atoms with Crippen LogP contribution in [0.25, 0.3) is 11.0 Å². The quantitative estimate of drug-likeness (QED) is 0.577. The van der Waals surface area contributed by atoms with Crippen LogP contribution in [-0.2, 0) is 7.05 Å². The largest absolute Gasteiger partial charge is 0.334 e. The highest BCUT2D eigenvalue weighted by molar-refractivity contribution is 5.81. The molecule has 2 nitrogen and oxygen atoms in total. The van der Waals surface area contributed by atoms with E-state index in [0.717, 1.165) is 5.52 Å². The number of rotatable bonds is 0. The van der Waals surface area contributed by atoms with Crippen LogP contribution in [0.1, 0.15) is 11.1 Å². The third kappa shape index (κ3) is 0.843. The van der Waals surface area contributed by atoms with Crippen LogP contribution in [0.4, 0.5) is 0 Å². The molecule has 0 aliphatic rings. The summed E-state index contributed by atoms with van der Waals surface area (Å²) in [6.07, 6.45) is 1.87. The molecule has 2 aromatic rings. The van der Waals surface area contributed by atoms with E-state index in [0.29, 0.717) is 0 Å². The molecule has 0 saturated carbocycles. The number of nitrogens with zero attached hydrogens (tertiary/aromatic N) is 2. The van der Waals surface area contributed by atoms with E-state index in [1.54, 1.807) is 0 Å². The van der Waals surface area contributed by atoms with Crippen LogP contribution in [0.3, 0.4) is 0 Å². The van der Waals surface area contributed by atoms with Gasteiger partial charge in [0.05, 0.1) is 17.4 Å². The van der Waals surface area contributed by atoms with Crippen molar-refractivity contribution in [2.45, 2.75) is 13.8 Å². The Morgan fingerprint density at radius 2 is 1.83 bits per heavy atom. The lowest BCUT2D eigenvalue weighted by molar-refractivity contribution is 0.944. The van der Waals surface area contributed by atoms with E-state index in [1.165, 1.54) is 16.6 Å². The molecule has 0 aliphatic carbocycles. The van der Waals surface area contributed by atoms with E-state index in [4.69, 9.17) is 0 Å². The standard InChI is InChI=1S/C10H12N2/c1-7-4-5-8(2)10-9(7)11-6-12(10)3/h4-6H,1-3H3. The molecule has 2 heteroatoms. The fraction of sp³-hybridized carbons (Fsp3) is 0.300. The molecule has 0 N–H and O–H groups in total. The molecule has 0 unspecified atom stereocenters. The molecule has 0 amide bonds. The van der Waals surface area contributed by atoms with Crippen LogP contribution >= 0.6 is 0 Å². The molecule has 0 spiro atoms. The highest BCUT2D eigenvalue weighted by Crippen LogP contribution is 2.19. The summed E-state index contributed by atoms with van der Waals surface area (Å²) in [7, 11) is 2.03. The molecule has 0 saturated heterocycles. The van der Waals surface area contributed by atoms with Gasteiger partial charge in [-0.25, -0.2) is 4.98 Å². The number of hydrogen-bond acceptors (Lipinski definition) is 1. The average Bonchev–Trinajstić information content (AvgIpc) is 2.42. The van der Waals surface area contributed by atoms with Crippen molar-refractivity contribution in [2.24, 2.45) is 7.05 Å². The molecular weight excluding hydrogens is 148 g/mol. The Hall–Kier alpha value is -1.31. The van der Waals surface area contributed by atoms with E-state index < -0.39 is 0 Å². The fourth-order valence-corrected chi connectivity index (χ4v) is 1.59. The Kier molecular flexibility index (Phi) is 1.43. The SMILES string of the molecule is Cc1ccc(C)c2c1ncn2C. The highest BCUT2D eigenvalue weighted by atomic mass is 15.0. The number of hydrogen-bond donors (Lipinski definition) is 0. The minimum absolute atomic E-state index is 1.12. The number of fused-ring (bicyclic) bond motifs is 1. The van der Waals surface area contributed by atoms with Gasteiger partial charge in [-0.15, -0.1) is 0 Å². The average molecular weight is 160 g/mol. The highest BCUT2D eigenvalue weighted by Gasteiger charge is 2.04. The van der Waals surface area contributed by atoms with Crippen molar-refractivity contribution in [2.75, 3.05) is 0 Å². The van der Waals surface area contributed by atoms with Crippen molar-refractivity contribution in [1.82, 2.24) is 9.55 Å². The Balaban J connectivity index is 2.98. The molecular formula is C10H12N2. The number of aryl methyl sites for hydroxylation is 3. The summed E-state index contributed by atoms with van der Waals surface area (Å²) in [6.45, 7) is 4.21. The summed E-state index contributed by atoms with van der Waals surface area (Å²) < 4.78 is 2.07. The van der Waals surface area contributed by atoms with Crippen molar-refractivity contribution in [3.8, 4) is 0 Å². The second-order valence-corrected chi connectivity index (χ2v) is 3.25. The van der Waals surface area contributed by atoms with Crippen LogP contribution in [0.5, 0.6) is 0 Å². The lowest BCUT2D eigenvalue weighted by Crippen LogP contribution is -1.87. The molecule has 0 bridgehead atoms. The maximum absolute atomic E-state index is 4.34. The second-order valence-electron chi connectivity index (χ2n) is 3.25. The lowest BCUT2D eigenvalue weighted by atomic mass is 10.1. The molecule has 1 aromatic carbocycles. The summed E-state index contributed by atoms with van der Waals surface area (Å²) >= 11 is 0. The molecule has 0 fully saturated rings. The summed E-state index contributed by atoms with van der Waals surface area (Å²) in [4.78, 5) is 4.34. The first-order valence-electron chi connectivity index (χ1n) is 4.07. The van der Waals surface area contributed by atoms with Gasteiger partial charge in [0.2, 0.25) is 0 Å². The van der Waals surface area contributed by atoms with Gasteiger partial charge in [0.15, 0.2) is 0 Å². The smallest absolute Gasteiger partial charge is 0.0955 e. The van der Waals surface area contributed by atoms with Crippen LogP contribution in [0.15, 0.2) is 18.5 Å². The van der Waals surface area contributed by atoms with E-state index >= 15 is 0 Å². The third-order valence-electron chi connectivity index (χ3n) is 2.27. The topological polar surface area (TPSA) is 17.8 Å². The van der Waals surface area contributed by atoms with Gasteiger partial charge < -0.3 is 4.57 Å². The van der Waals surface area contributed by atoms with Gasteiger partial charge in [0, 0.05) is 7.05 Å². The minimum atomic E-state index is 1.12. The summed E-state index contributed by atoms with van der Waals surface area (Å²) in [5.74, 6) is 0. The van der Waals surface area contributed by atoms with Crippen LogP contribution in [0.2, 0.25) is 0 Å². The van der Waals surface area contributed by atoms with E-state index in [-0.39, 0.29) is 0 Å². The predicted molar refractivity (Wildman–Crippen MR) is 50.2 cm³/mol. The zero-order valence-electron chi connectivity index (χ0n) is 7.63. The maximum Gasteiger partial charge on any atom is 0.0955 e. The van der Waals surface area contributed by atoms with Crippen molar-refractivity contribution < 1.29 is 0 Å². The van der Waals surface area contributed by atoms with Crippen molar-refractivity contribution in [1.29, 1.82) is 0 Å². The number of aromatic nitrogens is 2. The fourth-order valence-electron chi connectivity index (χ4n) is 1.59. The van der Waals surface area contributed by atoms with E-state index in [1.807, 2.05) is 13.4 Å². The zero-order chi connectivity index (χ0) is 8.72. The number of imidazole rings is 1. The second kappa shape index (κ2) is 2.34. The van der Waals surface area contributed by atoms with Gasteiger partial charge in [0.1, 0.15) is 0 Å². The van der Waals surface area contributed by atoms with Crippen molar-refractivity contribution in [3.63, 3.8) is 0 Å². The molecule has 0 radical (unpaired) electrons. The van der Waals surface area contributed by atoms with Crippen molar-refractivity contribution >= 4 is 11.0 Å². The number of benzene rings is 1. The van der Waals surface area contributed by atoms with Gasteiger partial charge in [-0.3, -0.25) is 0 Å². The van der Waals surface area contributed by atoms with Crippen LogP contribution < -0.4 is 0 Å². The first-order valence-corrected chi connectivity index (χ1v) is 4.07. The first kappa shape index (κ1) is 7.35. The maximum atomic E-state index is 4.34. The molecule has 2 rings (SSSR count). The molecule has 12 heavy (non-hydrogen) atoms. The van der Waals surface area contributed by atoms with E-state index in [2.05, 4.69) is 35.5 Å². The van der Waals surface area contributed by atoms with Gasteiger partial charge in [0.25, 0.3) is 0 Å². The summed E-state index contributed by atoms with van der Waals surface area (Å²) in [5, 5.41) is 0. The molecule has 62 valence electrons. The van der Waals surface area contributed by atoms with Crippen molar-refractivity contribution in [3.05, 3.63) is 29.6 Å². The van der Waals surface area contributed by atoms with Crippen LogP contribution in [0, 0.1) is 13.8 Å². The Labute approximate surface area is 71.8 Å². The predicted octanol–water partition coefficient (Wildman–Crippen LogP) is 2.19. The normalized spacial score (nSPS) is 10.9. The molecule has 1 aromatic heterocycles. The molecule has 1 heterocycles. The summed E-state index contributed by atoms with van der Waals surface area (Å²) in [6, 6.07) is 4.25. The monoisotopic (exact) mass is 160 g/mol. The van der Waals surface area contributed by atoms with E-state index in [9.17, 15) is 0 Å².